The van der Waals surface area contributed by atoms with Gasteiger partial charge < -0.3 is 9.47 Å². The second kappa shape index (κ2) is 11.6. The van der Waals surface area contributed by atoms with Crippen LogP contribution in [0.4, 0.5) is 0 Å². The van der Waals surface area contributed by atoms with Crippen LogP contribution in [-0.4, -0.2) is 24.8 Å². The molecular formula is C26H28N2O3. The Morgan fingerprint density at radius 2 is 1.58 bits per heavy atom. The smallest absolute Gasteiger partial charge is 0.280 e. The van der Waals surface area contributed by atoms with E-state index in [0.717, 1.165) is 35.3 Å². The summed E-state index contributed by atoms with van der Waals surface area (Å²) in [6.07, 6.45) is 3.06. The fourth-order valence-corrected chi connectivity index (χ4v) is 2.86. The summed E-state index contributed by atoms with van der Waals surface area (Å²) in [5.74, 6) is 1.14. The first-order valence-electron chi connectivity index (χ1n) is 10.5. The summed E-state index contributed by atoms with van der Waals surface area (Å²) in [5, 5.41) is 4.02. The molecule has 0 fully saturated rings. The molecule has 31 heavy (non-hydrogen) atoms. The van der Waals surface area contributed by atoms with Crippen molar-refractivity contribution in [1.82, 2.24) is 5.43 Å². The predicted octanol–water partition coefficient (Wildman–Crippen LogP) is 5.45. The average molecular weight is 417 g/mol. The molecule has 0 heterocycles. The van der Waals surface area contributed by atoms with E-state index in [0.29, 0.717) is 12.4 Å². The second-order valence-corrected chi connectivity index (χ2v) is 7.16. The van der Waals surface area contributed by atoms with Gasteiger partial charge in [0.15, 0.2) is 6.10 Å². The predicted molar refractivity (Wildman–Crippen MR) is 125 cm³/mol. The van der Waals surface area contributed by atoms with Crippen molar-refractivity contribution < 1.29 is 14.3 Å². The Balaban J connectivity index is 1.47. The number of nitrogens with zero attached hydrogens (tertiary/aromatic N) is 1. The summed E-state index contributed by atoms with van der Waals surface area (Å²) in [7, 11) is 0. The zero-order chi connectivity index (χ0) is 21.9. The summed E-state index contributed by atoms with van der Waals surface area (Å²) in [5.41, 5.74) is 5.62. The molecule has 5 nitrogen and oxygen atoms in total. The van der Waals surface area contributed by atoms with E-state index in [1.54, 1.807) is 13.1 Å². The number of rotatable bonds is 10. The Kier molecular flexibility index (Phi) is 8.23. The van der Waals surface area contributed by atoms with Crippen molar-refractivity contribution in [3.63, 3.8) is 0 Å². The maximum Gasteiger partial charge on any atom is 0.280 e. The van der Waals surface area contributed by atoms with Gasteiger partial charge in [0.2, 0.25) is 0 Å². The zero-order valence-electron chi connectivity index (χ0n) is 18.0. The molecule has 0 bridgehead atoms. The Morgan fingerprint density at radius 1 is 0.935 bits per heavy atom. The van der Waals surface area contributed by atoms with Gasteiger partial charge >= 0.3 is 0 Å². The van der Waals surface area contributed by atoms with Crippen molar-refractivity contribution >= 4 is 12.1 Å². The second-order valence-electron chi connectivity index (χ2n) is 7.16. The summed E-state index contributed by atoms with van der Waals surface area (Å²) < 4.78 is 11.4. The van der Waals surface area contributed by atoms with E-state index in [9.17, 15) is 4.79 Å². The van der Waals surface area contributed by atoms with Gasteiger partial charge in [-0.05, 0) is 66.4 Å². The van der Waals surface area contributed by atoms with Crippen LogP contribution in [0, 0.1) is 0 Å². The van der Waals surface area contributed by atoms with Crippen LogP contribution in [0.2, 0.25) is 0 Å². The molecule has 0 spiro atoms. The van der Waals surface area contributed by atoms with Crippen LogP contribution in [0.25, 0.3) is 11.1 Å². The zero-order valence-corrected chi connectivity index (χ0v) is 18.0. The molecule has 0 unspecified atom stereocenters. The van der Waals surface area contributed by atoms with E-state index < -0.39 is 6.10 Å². The van der Waals surface area contributed by atoms with Crippen LogP contribution in [0.15, 0.2) is 84.0 Å². The SMILES string of the molecule is CCCCOc1ccc(C=NNC(=O)[C@H](C)Oc2ccc(-c3ccccc3)cc2)cc1. The maximum absolute atomic E-state index is 12.3. The molecule has 0 saturated carbocycles. The summed E-state index contributed by atoms with van der Waals surface area (Å²) in [6, 6.07) is 25.3. The molecule has 0 aliphatic heterocycles. The first-order valence-corrected chi connectivity index (χ1v) is 10.5. The number of hydrogen-bond acceptors (Lipinski definition) is 4. The Morgan fingerprint density at radius 3 is 2.26 bits per heavy atom. The van der Waals surface area contributed by atoms with Crippen LogP contribution >= 0.6 is 0 Å². The van der Waals surface area contributed by atoms with Gasteiger partial charge in [0, 0.05) is 0 Å². The van der Waals surface area contributed by atoms with Gasteiger partial charge in [-0.15, -0.1) is 0 Å². The molecule has 0 saturated heterocycles. The highest BCUT2D eigenvalue weighted by Crippen LogP contribution is 2.22. The van der Waals surface area contributed by atoms with Crippen LogP contribution in [0.3, 0.4) is 0 Å². The number of unbranched alkanes of at least 4 members (excludes halogenated alkanes) is 1. The van der Waals surface area contributed by atoms with Gasteiger partial charge in [0.05, 0.1) is 12.8 Å². The van der Waals surface area contributed by atoms with E-state index in [2.05, 4.69) is 29.6 Å². The summed E-state index contributed by atoms with van der Waals surface area (Å²) in [6.45, 7) is 4.54. The Hall–Kier alpha value is -3.60. The third-order valence-electron chi connectivity index (χ3n) is 4.68. The van der Waals surface area contributed by atoms with E-state index in [1.807, 2.05) is 66.7 Å². The molecular weight excluding hydrogens is 388 g/mol. The molecule has 0 aliphatic rings. The molecule has 160 valence electrons. The largest absolute Gasteiger partial charge is 0.494 e. The highest BCUT2D eigenvalue weighted by Gasteiger charge is 2.14. The summed E-state index contributed by atoms with van der Waals surface area (Å²) >= 11 is 0. The molecule has 3 aromatic rings. The maximum atomic E-state index is 12.3. The fraction of sp³-hybridized carbons (Fsp3) is 0.231. The monoisotopic (exact) mass is 416 g/mol. The number of nitrogens with one attached hydrogen (secondary N) is 1. The minimum absolute atomic E-state index is 0.317. The molecule has 1 atom stereocenters. The Labute approximate surface area is 183 Å². The van der Waals surface area contributed by atoms with Crippen molar-refractivity contribution in [2.24, 2.45) is 5.10 Å². The van der Waals surface area contributed by atoms with Gasteiger partial charge in [-0.2, -0.15) is 5.10 Å². The number of hydrogen-bond donors (Lipinski definition) is 1. The summed E-state index contributed by atoms with van der Waals surface area (Å²) in [4.78, 5) is 12.3. The van der Waals surface area contributed by atoms with E-state index in [4.69, 9.17) is 9.47 Å². The third-order valence-corrected chi connectivity index (χ3v) is 4.68. The number of benzene rings is 3. The lowest BCUT2D eigenvalue weighted by molar-refractivity contribution is -0.127. The van der Waals surface area contributed by atoms with Crippen molar-refractivity contribution in [1.29, 1.82) is 0 Å². The van der Waals surface area contributed by atoms with Crippen molar-refractivity contribution in [2.75, 3.05) is 6.61 Å². The van der Waals surface area contributed by atoms with E-state index in [1.165, 1.54) is 0 Å². The van der Waals surface area contributed by atoms with Gasteiger partial charge in [-0.1, -0.05) is 55.8 Å². The van der Waals surface area contributed by atoms with Gasteiger partial charge in [0.25, 0.3) is 5.91 Å². The molecule has 3 aromatic carbocycles. The van der Waals surface area contributed by atoms with Gasteiger partial charge in [-0.3, -0.25) is 4.79 Å². The van der Waals surface area contributed by atoms with Gasteiger partial charge in [0.1, 0.15) is 11.5 Å². The average Bonchev–Trinajstić information content (AvgIpc) is 2.81. The number of ether oxygens (including phenoxy) is 2. The van der Waals surface area contributed by atoms with Crippen LogP contribution in [-0.2, 0) is 4.79 Å². The normalized spacial score (nSPS) is 11.8. The third kappa shape index (κ3) is 7.00. The van der Waals surface area contributed by atoms with Crippen molar-refractivity contribution in [3.05, 3.63) is 84.4 Å². The molecule has 3 rings (SSSR count). The highest BCUT2D eigenvalue weighted by atomic mass is 16.5. The topological polar surface area (TPSA) is 59.9 Å². The standard InChI is InChI=1S/C26H28N2O3/c1-3-4-18-30-24-14-10-21(11-15-24)19-27-28-26(29)20(2)31-25-16-12-23(13-17-25)22-8-6-5-7-9-22/h5-17,19-20H,3-4,18H2,1-2H3,(H,28,29)/t20-/m0/s1. The molecule has 0 aliphatic carbocycles. The molecule has 1 N–H and O–H groups in total. The first kappa shape index (κ1) is 22.1. The van der Waals surface area contributed by atoms with Crippen LogP contribution < -0.4 is 14.9 Å². The molecule has 0 radical (unpaired) electrons. The van der Waals surface area contributed by atoms with Crippen molar-refractivity contribution in [3.8, 4) is 22.6 Å². The number of amides is 1. The minimum atomic E-state index is -0.672. The molecule has 0 aromatic heterocycles. The lowest BCUT2D eigenvalue weighted by atomic mass is 10.1. The fourth-order valence-electron chi connectivity index (χ4n) is 2.86. The lowest BCUT2D eigenvalue weighted by Crippen LogP contribution is -2.33. The molecule has 1 amide bonds. The first-order chi connectivity index (χ1) is 15.2. The lowest BCUT2D eigenvalue weighted by Gasteiger charge is -2.13. The van der Waals surface area contributed by atoms with Crippen LogP contribution in [0.5, 0.6) is 11.5 Å². The van der Waals surface area contributed by atoms with Crippen molar-refractivity contribution in [2.45, 2.75) is 32.8 Å². The number of hydrazone groups is 1. The van der Waals surface area contributed by atoms with Crippen LogP contribution in [0.1, 0.15) is 32.3 Å². The Bertz CT molecular complexity index is 968. The van der Waals surface area contributed by atoms with Gasteiger partial charge in [-0.25, -0.2) is 5.43 Å². The molecule has 5 heteroatoms. The minimum Gasteiger partial charge on any atom is -0.494 e. The number of carbonyl (C=O) groups excluding carboxylic acids is 1. The number of carbonyl (C=O) groups is 1. The van der Waals surface area contributed by atoms with E-state index >= 15 is 0 Å². The highest BCUT2D eigenvalue weighted by molar-refractivity contribution is 5.84. The quantitative estimate of drug-likeness (QED) is 0.272. The van der Waals surface area contributed by atoms with E-state index in [-0.39, 0.29) is 5.91 Å².